The molecule has 31 heavy (non-hydrogen) atoms. The standard InChI is InChI=1S/C25H37N5O/c1-19(17-30-21(3)26-20(2)28-30)24(31)27-23-11-15-29(16-12-23)18-25(13-7-8-14-25)22-9-5-4-6-10-22/h4-6,9-10,19,23H,7-8,11-18H2,1-3H3,(H,27,31)/t19-/m0/s1. The van der Waals surface area contributed by atoms with Crippen LogP contribution in [0.2, 0.25) is 0 Å². The Bertz CT molecular complexity index is 863. The highest BCUT2D eigenvalue weighted by Crippen LogP contribution is 2.42. The number of carbonyl (C=O) groups excluding carboxylic acids is 1. The molecular formula is C25H37N5O. The van der Waals surface area contributed by atoms with Crippen LogP contribution in [0.4, 0.5) is 0 Å². The van der Waals surface area contributed by atoms with Crippen molar-refractivity contribution in [1.82, 2.24) is 25.0 Å². The number of amides is 1. The van der Waals surface area contributed by atoms with Crippen molar-refractivity contribution in [2.24, 2.45) is 5.92 Å². The highest BCUT2D eigenvalue weighted by Gasteiger charge is 2.38. The number of benzene rings is 1. The Kier molecular flexibility index (Phi) is 6.75. The fourth-order valence-electron chi connectivity index (χ4n) is 5.46. The Labute approximate surface area is 186 Å². The summed E-state index contributed by atoms with van der Waals surface area (Å²) >= 11 is 0. The lowest BCUT2D eigenvalue weighted by Crippen LogP contribution is -2.49. The van der Waals surface area contributed by atoms with Gasteiger partial charge in [-0.15, -0.1) is 0 Å². The van der Waals surface area contributed by atoms with Gasteiger partial charge in [-0.25, -0.2) is 9.67 Å². The third-order valence-electron chi connectivity index (χ3n) is 7.26. The van der Waals surface area contributed by atoms with Crippen molar-refractivity contribution in [3.05, 3.63) is 47.5 Å². The summed E-state index contributed by atoms with van der Waals surface area (Å²) in [7, 11) is 0. The Hall–Kier alpha value is -2.21. The zero-order chi connectivity index (χ0) is 21.8. The fraction of sp³-hybridized carbons (Fsp3) is 0.640. The van der Waals surface area contributed by atoms with E-state index in [4.69, 9.17) is 0 Å². The van der Waals surface area contributed by atoms with Crippen LogP contribution in [-0.2, 0) is 16.8 Å². The second-order valence-electron chi connectivity index (χ2n) is 9.70. The number of rotatable bonds is 7. The highest BCUT2D eigenvalue weighted by atomic mass is 16.2. The smallest absolute Gasteiger partial charge is 0.224 e. The number of nitrogens with zero attached hydrogens (tertiary/aromatic N) is 4. The second-order valence-corrected chi connectivity index (χ2v) is 9.70. The minimum atomic E-state index is -0.113. The molecular weight excluding hydrogens is 386 g/mol. The van der Waals surface area contributed by atoms with Crippen LogP contribution >= 0.6 is 0 Å². The van der Waals surface area contributed by atoms with Gasteiger partial charge in [0.1, 0.15) is 11.6 Å². The Morgan fingerprint density at radius 2 is 1.84 bits per heavy atom. The van der Waals surface area contributed by atoms with Gasteiger partial charge in [-0.05, 0) is 45.1 Å². The molecule has 1 aromatic heterocycles. The van der Waals surface area contributed by atoms with Gasteiger partial charge < -0.3 is 10.2 Å². The largest absolute Gasteiger partial charge is 0.353 e. The van der Waals surface area contributed by atoms with Crippen LogP contribution in [0.1, 0.15) is 62.7 Å². The first kappa shape index (κ1) is 22.0. The van der Waals surface area contributed by atoms with E-state index < -0.39 is 0 Å². The molecule has 1 aliphatic heterocycles. The van der Waals surface area contributed by atoms with Crippen LogP contribution in [0.25, 0.3) is 0 Å². The van der Waals surface area contributed by atoms with Crippen LogP contribution in [0.5, 0.6) is 0 Å². The van der Waals surface area contributed by atoms with E-state index in [9.17, 15) is 4.79 Å². The fourth-order valence-corrected chi connectivity index (χ4v) is 5.46. The maximum atomic E-state index is 12.7. The molecule has 0 spiro atoms. The molecule has 1 aromatic carbocycles. The molecule has 168 valence electrons. The first-order chi connectivity index (χ1) is 14.9. The van der Waals surface area contributed by atoms with Crippen LogP contribution in [0, 0.1) is 19.8 Å². The summed E-state index contributed by atoms with van der Waals surface area (Å²) in [6, 6.07) is 11.4. The number of hydrogen-bond acceptors (Lipinski definition) is 4. The van der Waals surface area contributed by atoms with Gasteiger partial charge in [0.05, 0.1) is 12.5 Å². The molecule has 2 heterocycles. The van der Waals surface area contributed by atoms with Gasteiger partial charge in [0.2, 0.25) is 5.91 Å². The second kappa shape index (κ2) is 9.51. The summed E-state index contributed by atoms with van der Waals surface area (Å²) in [6.07, 6.45) is 7.34. The molecule has 1 N–H and O–H groups in total. The van der Waals surface area contributed by atoms with E-state index in [2.05, 4.69) is 50.6 Å². The summed E-state index contributed by atoms with van der Waals surface area (Å²) < 4.78 is 1.84. The average Bonchev–Trinajstić information content (AvgIpc) is 3.36. The molecule has 6 heteroatoms. The van der Waals surface area contributed by atoms with Gasteiger partial charge in [-0.1, -0.05) is 50.1 Å². The van der Waals surface area contributed by atoms with Crippen molar-refractivity contribution in [2.75, 3.05) is 19.6 Å². The SMILES string of the molecule is Cc1nc(C)n(C[C@H](C)C(=O)NC2CCN(CC3(c4ccccc4)CCCC3)CC2)n1. The highest BCUT2D eigenvalue weighted by molar-refractivity contribution is 5.78. The molecule has 1 saturated heterocycles. The first-order valence-electron chi connectivity index (χ1n) is 11.9. The zero-order valence-corrected chi connectivity index (χ0v) is 19.3. The molecule has 0 unspecified atom stereocenters. The predicted octanol–water partition coefficient (Wildman–Crippen LogP) is 3.62. The number of carbonyl (C=O) groups is 1. The quantitative estimate of drug-likeness (QED) is 0.739. The van der Waals surface area contributed by atoms with Crippen molar-refractivity contribution >= 4 is 5.91 Å². The van der Waals surface area contributed by atoms with Gasteiger partial charge >= 0.3 is 0 Å². The number of nitrogens with one attached hydrogen (secondary N) is 1. The predicted molar refractivity (Wildman–Crippen MR) is 123 cm³/mol. The van der Waals surface area contributed by atoms with E-state index >= 15 is 0 Å². The van der Waals surface area contributed by atoms with E-state index in [0.717, 1.165) is 44.1 Å². The Morgan fingerprint density at radius 3 is 2.45 bits per heavy atom. The number of piperidine rings is 1. The van der Waals surface area contributed by atoms with Gasteiger partial charge in [-0.3, -0.25) is 4.79 Å². The molecule has 4 rings (SSSR count). The normalized spacial score (nSPS) is 20.6. The van der Waals surface area contributed by atoms with E-state index in [0.29, 0.717) is 12.0 Å². The minimum Gasteiger partial charge on any atom is -0.353 e. The van der Waals surface area contributed by atoms with Crippen molar-refractivity contribution < 1.29 is 4.79 Å². The summed E-state index contributed by atoms with van der Waals surface area (Å²) in [5, 5.41) is 7.68. The van der Waals surface area contributed by atoms with E-state index in [1.807, 2.05) is 25.5 Å². The third kappa shape index (κ3) is 5.17. The number of hydrogen-bond donors (Lipinski definition) is 1. The van der Waals surface area contributed by atoms with Gasteiger partial charge in [0.25, 0.3) is 0 Å². The first-order valence-corrected chi connectivity index (χ1v) is 11.9. The average molecular weight is 424 g/mol. The monoisotopic (exact) mass is 423 g/mol. The van der Waals surface area contributed by atoms with Crippen LogP contribution in [0.3, 0.4) is 0 Å². The van der Waals surface area contributed by atoms with E-state index in [-0.39, 0.29) is 17.9 Å². The molecule has 0 radical (unpaired) electrons. The molecule has 6 nitrogen and oxygen atoms in total. The molecule has 2 aromatic rings. The minimum absolute atomic E-state index is 0.113. The van der Waals surface area contributed by atoms with Crippen molar-refractivity contribution in [3.63, 3.8) is 0 Å². The maximum Gasteiger partial charge on any atom is 0.224 e. The maximum absolute atomic E-state index is 12.7. The zero-order valence-electron chi connectivity index (χ0n) is 19.3. The van der Waals surface area contributed by atoms with Crippen molar-refractivity contribution in [3.8, 4) is 0 Å². The molecule has 0 bridgehead atoms. The van der Waals surface area contributed by atoms with Gasteiger partial charge in [0.15, 0.2) is 0 Å². The summed E-state index contributed by atoms with van der Waals surface area (Å²) in [4.78, 5) is 19.7. The van der Waals surface area contributed by atoms with E-state index in [1.54, 1.807) is 0 Å². The Morgan fingerprint density at radius 1 is 1.16 bits per heavy atom. The molecule has 1 saturated carbocycles. The van der Waals surface area contributed by atoms with Crippen molar-refractivity contribution in [2.45, 2.75) is 77.3 Å². The van der Waals surface area contributed by atoms with Crippen LogP contribution in [-0.4, -0.2) is 51.2 Å². The number of likely N-dealkylation sites (tertiary alicyclic amines) is 1. The molecule has 1 atom stereocenters. The summed E-state index contributed by atoms with van der Waals surface area (Å²) in [6.45, 7) is 9.66. The van der Waals surface area contributed by atoms with Gasteiger partial charge in [-0.2, -0.15) is 5.10 Å². The molecule has 1 aliphatic carbocycles. The lowest BCUT2D eigenvalue weighted by Gasteiger charge is -2.39. The third-order valence-corrected chi connectivity index (χ3v) is 7.26. The van der Waals surface area contributed by atoms with Crippen molar-refractivity contribution in [1.29, 1.82) is 0 Å². The Balaban J connectivity index is 1.27. The summed E-state index contributed by atoms with van der Waals surface area (Å²) in [5.41, 5.74) is 1.83. The number of aryl methyl sites for hydroxylation is 2. The molecule has 1 amide bonds. The molecule has 2 aliphatic rings. The molecule has 2 fully saturated rings. The van der Waals surface area contributed by atoms with Crippen LogP contribution < -0.4 is 5.32 Å². The number of aromatic nitrogens is 3. The summed E-state index contributed by atoms with van der Waals surface area (Å²) in [5.74, 6) is 1.64. The lowest BCUT2D eigenvalue weighted by molar-refractivity contribution is -0.126. The van der Waals surface area contributed by atoms with Gasteiger partial charge in [0, 0.05) is 31.1 Å². The topological polar surface area (TPSA) is 63.1 Å². The lowest BCUT2D eigenvalue weighted by atomic mass is 9.78. The van der Waals surface area contributed by atoms with Crippen LogP contribution in [0.15, 0.2) is 30.3 Å². The van der Waals surface area contributed by atoms with E-state index in [1.165, 1.54) is 31.2 Å².